The van der Waals surface area contributed by atoms with Crippen LogP contribution in [0.4, 0.5) is 0 Å². The molecule has 0 bridgehead atoms. The van der Waals surface area contributed by atoms with Crippen LogP contribution in [-0.2, 0) is 20.7 Å². The van der Waals surface area contributed by atoms with E-state index in [9.17, 15) is 9.90 Å². The average Bonchev–Trinajstić information content (AvgIpc) is 2.82. The Balaban J connectivity index is 2.56. The SMILES string of the molecule is CCC(C)c1ccc(C(=C2C=C(C(C)(C)C)C(=O)C(C(C)(C)C)=C2)c2cc(C(C)(C)C)c([O])c(C(C)(C)C)c2)cc1. The molecule has 0 spiro atoms. The minimum atomic E-state index is -0.315. The van der Waals surface area contributed by atoms with Crippen molar-refractivity contribution in [2.45, 2.75) is 120 Å². The van der Waals surface area contributed by atoms with Crippen LogP contribution in [0.1, 0.15) is 137 Å². The Labute approximate surface area is 250 Å². The van der Waals surface area contributed by atoms with Crippen LogP contribution in [0.5, 0.6) is 5.75 Å². The molecule has 1 aliphatic carbocycles. The van der Waals surface area contributed by atoms with Crippen molar-refractivity contribution in [1.82, 2.24) is 0 Å². The van der Waals surface area contributed by atoms with Gasteiger partial charge in [0.1, 0.15) is 0 Å². The third-order valence-electron chi connectivity index (χ3n) is 8.37. The molecule has 0 saturated carbocycles. The number of allylic oxidation sites excluding steroid dienone is 5. The predicted molar refractivity (Wildman–Crippen MR) is 175 cm³/mol. The van der Waals surface area contributed by atoms with Crippen LogP contribution in [0.15, 0.2) is 65.3 Å². The summed E-state index contributed by atoms with van der Waals surface area (Å²) in [6.45, 7) is 29.8. The zero-order valence-corrected chi connectivity index (χ0v) is 28.2. The lowest BCUT2D eigenvalue weighted by Gasteiger charge is -2.32. The summed E-state index contributed by atoms with van der Waals surface area (Å²) < 4.78 is 0. The van der Waals surface area contributed by atoms with Gasteiger partial charge >= 0.3 is 0 Å². The quantitative estimate of drug-likeness (QED) is 0.371. The lowest BCUT2D eigenvalue weighted by atomic mass is 9.70. The van der Waals surface area contributed by atoms with E-state index in [4.69, 9.17) is 0 Å². The largest absolute Gasteiger partial charge is 0.289 e. The fourth-order valence-electron chi connectivity index (χ4n) is 5.49. The number of carbonyl (C=O) groups is 1. The van der Waals surface area contributed by atoms with Gasteiger partial charge in [-0.15, -0.1) is 0 Å². The Hall–Kier alpha value is -2.87. The number of rotatable bonds is 4. The molecule has 2 aromatic rings. The molecule has 0 aliphatic heterocycles. The van der Waals surface area contributed by atoms with Crippen LogP contribution in [0.25, 0.3) is 5.57 Å². The van der Waals surface area contributed by atoms with E-state index < -0.39 is 0 Å². The smallest absolute Gasteiger partial charge is 0.186 e. The van der Waals surface area contributed by atoms with Gasteiger partial charge in [-0.3, -0.25) is 9.90 Å². The fourth-order valence-corrected chi connectivity index (χ4v) is 5.49. The Morgan fingerprint density at radius 1 is 0.659 bits per heavy atom. The van der Waals surface area contributed by atoms with Crippen molar-refractivity contribution >= 4 is 11.4 Å². The molecule has 0 N–H and O–H groups in total. The summed E-state index contributed by atoms with van der Waals surface area (Å²) >= 11 is 0. The van der Waals surface area contributed by atoms with Gasteiger partial charge in [-0.05, 0) is 86.1 Å². The minimum absolute atomic E-state index is 0.126. The van der Waals surface area contributed by atoms with Crippen molar-refractivity contribution < 1.29 is 9.90 Å². The van der Waals surface area contributed by atoms with Gasteiger partial charge < -0.3 is 0 Å². The van der Waals surface area contributed by atoms with E-state index in [2.05, 4.69) is 145 Å². The molecule has 0 saturated heterocycles. The maximum absolute atomic E-state index is 13.8. The third kappa shape index (κ3) is 6.96. The molecule has 0 fully saturated rings. The molecule has 0 heterocycles. The molecule has 2 heteroatoms. The first-order valence-electron chi connectivity index (χ1n) is 15.3. The van der Waals surface area contributed by atoms with E-state index >= 15 is 0 Å². The summed E-state index contributed by atoms with van der Waals surface area (Å²) in [6, 6.07) is 13.1. The highest BCUT2D eigenvalue weighted by Crippen LogP contribution is 2.45. The average molecular weight is 554 g/mol. The van der Waals surface area contributed by atoms with Crippen LogP contribution >= 0.6 is 0 Å². The van der Waals surface area contributed by atoms with Crippen molar-refractivity contribution in [3.8, 4) is 5.75 Å². The van der Waals surface area contributed by atoms with E-state index in [-0.39, 0.29) is 33.2 Å². The summed E-state index contributed by atoms with van der Waals surface area (Å²) in [5.74, 6) is 0.730. The van der Waals surface area contributed by atoms with Crippen LogP contribution in [0, 0.1) is 10.8 Å². The Morgan fingerprint density at radius 3 is 1.41 bits per heavy atom. The lowest BCUT2D eigenvalue weighted by molar-refractivity contribution is -0.114. The summed E-state index contributed by atoms with van der Waals surface area (Å²) in [5, 5.41) is 13.8. The highest BCUT2D eigenvalue weighted by molar-refractivity contribution is 6.12. The number of Topliss-reactive ketones (excluding diaryl/α,β-unsaturated/α-hetero) is 1. The zero-order valence-electron chi connectivity index (χ0n) is 28.2. The molecule has 2 nitrogen and oxygen atoms in total. The first-order valence-corrected chi connectivity index (χ1v) is 15.3. The topological polar surface area (TPSA) is 37.0 Å². The second-order valence-corrected chi connectivity index (χ2v) is 16.1. The molecule has 3 rings (SSSR count). The van der Waals surface area contributed by atoms with E-state index in [0.717, 1.165) is 51.0 Å². The first kappa shape index (κ1) is 32.6. The minimum Gasteiger partial charge on any atom is -0.289 e. The Morgan fingerprint density at radius 2 is 1.07 bits per heavy atom. The second kappa shape index (κ2) is 11.1. The number of hydrogen-bond donors (Lipinski definition) is 0. The number of carbonyl (C=O) groups excluding carboxylic acids is 1. The summed E-state index contributed by atoms with van der Waals surface area (Å²) in [5.41, 5.74) is 7.54. The van der Waals surface area contributed by atoms with Gasteiger partial charge in [-0.25, -0.2) is 0 Å². The van der Waals surface area contributed by atoms with Crippen molar-refractivity contribution in [2.75, 3.05) is 0 Å². The molecule has 1 radical (unpaired) electrons. The zero-order chi connectivity index (χ0) is 31.3. The van der Waals surface area contributed by atoms with Crippen molar-refractivity contribution in [3.63, 3.8) is 0 Å². The van der Waals surface area contributed by atoms with Gasteiger partial charge in [0.05, 0.1) is 0 Å². The summed E-state index contributed by atoms with van der Waals surface area (Å²) in [6.07, 6.45) is 5.29. The highest BCUT2D eigenvalue weighted by atomic mass is 16.3. The highest BCUT2D eigenvalue weighted by Gasteiger charge is 2.35. The number of benzene rings is 2. The number of hydrogen-bond acceptors (Lipinski definition) is 1. The van der Waals surface area contributed by atoms with Gasteiger partial charge in [0.25, 0.3) is 0 Å². The van der Waals surface area contributed by atoms with Crippen molar-refractivity contribution in [2.24, 2.45) is 10.8 Å². The molecule has 41 heavy (non-hydrogen) atoms. The monoisotopic (exact) mass is 553 g/mol. The van der Waals surface area contributed by atoms with Gasteiger partial charge in [0.15, 0.2) is 11.5 Å². The molecule has 1 aliphatic rings. The van der Waals surface area contributed by atoms with E-state index in [1.165, 1.54) is 5.56 Å². The van der Waals surface area contributed by atoms with Crippen LogP contribution < -0.4 is 0 Å². The molecular formula is C39H53O2. The van der Waals surface area contributed by atoms with Crippen LogP contribution in [0.3, 0.4) is 0 Å². The molecule has 0 amide bonds. The Bertz CT molecular complexity index is 1330. The maximum Gasteiger partial charge on any atom is 0.186 e. The second-order valence-electron chi connectivity index (χ2n) is 16.1. The van der Waals surface area contributed by atoms with Crippen molar-refractivity contribution in [3.05, 3.63) is 93.1 Å². The van der Waals surface area contributed by atoms with Crippen molar-refractivity contribution in [1.29, 1.82) is 0 Å². The van der Waals surface area contributed by atoms with E-state index in [1.54, 1.807) is 0 Å². The Kier molecular flexibility index (Phi) is 8.82. The third-order valence-corrected chi connectivity index (χ3v) is 8.37. The molecule has 2 aromatic carbocycles. The van der Waals surface area contributed by atoms with Gasteiger partial charge in [0.2, 0.25) is 0 Å². The standard InChI is InChI=1S/C39H53O2/c1-15-24(2)25-16-18-26(19-17-25)33(27-20-29(36(3,4)5)34(40)30(21-27)37(6,7)8)28-22-31(38(9,10)11)35(41)32(23-28)39(12,13)14/h16-24H,15H2,1-14H3. The molecule has 221 valence electrons. The van der Waals surface area contributed by atoms with E-state index in [1.807, 2.05) is 0 Å². The first-order chi connectivity index (χ1) is 18.6. The van der Waals surface area contributed by atoms with E-state index in [0.29, 0.717) is 5.92 Å². The summed E-state index contributed by atoms with van der Waals surface area (Å²) in [7, 11) is 0. The maximum atomic E-state index is 13.8. The van der Waals surface area contributed by atoms with Gasteiger partial charge in [0, 0.05) is 22.3 Å². The predicted octanol–water partition coefficient (Wildman–Crippen LogP) is 11.3. The van der Waals surface area contributed by atoms with Crippen LogP contribution in [0.2, 0.25) is 0 Å². The summed E-state index contributed by atoms with van der Waals surface area (Å²) in [4.78, 5) is 13.8. The molecule has 0 aromatic heterocycles. The molecule has 1 unspecified atom stereocenters. The lowest BCUT2D eigenvalue weighted by Crippen LogP contribution is -2.28. The van der Waals surface area contributed by atoms with Gasteiger partial charge in [-0.2, -0.15) is 0 Å². The molecular weight excluding hydrogens is 500 g/mol. The van der Waals surface area contributed by atoms with Gasteiger partial charge in [-0.1, -0.05) is 121 Å². The number of ketones is 1. The molecule has 1 atom stereocenters. The fraction of sp³-hybridized carbons (Fsp3) is 0.513. The van der Waals surface area contributed by atoms with Crippen LogP contribution in [-0.4, -0.2) is 5.78 Å². The normalized spacial score (nSPS) is 16.0.